The number of hydrogen-bond acceptors (Lipinski definition) is 8. The summed E-state index contributed by atoms with van der Waals surface area (Å²) in [5.74, 6) is 1.33. The number of likely N-dealkylation sites (tertiary alicyclic amines) is 1. The van der Waals surface area contributed by atoms with Crippen molar-refractivity contribution >= 4 is 34.2 Å². The fraction of sp³-hybridized carbons (Fsp3) is 0.275. The smallest absolute Gasteiger partial charge is 0.257 e. The van der Waals surface area contributed by atoms with E-state index >= 15 is 0 Å². The monoisotopic (exact) mass is 717 g/mol. The number of nitrogens with one attached hydrogen (secondary N) is 1. The molecule has 2 aliphatic rings. The van der Waals surface area contributed by atoms with E-state index in [0.717, 1.165) is 73.6 Å². The summed E-state index contributed by atoms with van der Waals surface area (Å²) < 4.78 is 28.7. The summed E-state index contributed by atoms with van der Waals surface area (Å²) in [6.07, 6.45) is 6.34. The number of rotatable bonds is 11. The SMILES string of the molecule is O=C(Nc1ccc2c(c1)nc(CN1CCC(Oc3ccnc(Cc4ccc(Cl)cc4F)n3)CC1)n2CC1CCO1)c1ccc(-c2ccccc2)nc1. The normalized spacial score (nSPS) is 16.5. The fourth-order valence-corrected chi connectivity index (χ4v) is 6.81. The highest BCUT2D eigenvalue weighted by Gasteiger charge is 2.26. The minimum Gasteiger partial charge on any atom is -0.474 e. The van der Waals surface area contributed by atoms with E-state index in [9.17, 15) is 9.18 Å². The van der Waals surface area contributed by atoms with Crippen molar-refractivity contribution in [1.82, 2.24) is 29.4 Å². The second-order valence-corrected chi connectivity index (χ2v) is 13.6. The Labute approximate surface area is 305 Å². The van der Waals surface area contributed by atoms with Crippen molar-refractivity contribution in [2.75, 3.05) is 25.0 Å². The van der Waals surface area contributed by atoms with Crippen molar-refractivity contribution in [3.63, 3.8) is 0 Å². The molecular weight excluding hydrogens is 681 g/mol. The average Bonchev–Trinajstić information content (AvgIpc) is 3.48. The Morgan fingerprint density at radius 1 is 0.962 bits per heavy atom. The van der Waals surface area contributed by atoms with Crippen molar-refractivity contribution in [3.05, 3.63) is 131 Å². The van der Waals surface area contributed by atoms with Crippen molar-refractivity contribution in [2.45, 2.75) is 51.0 Å². The van der Waals surface area contributed by atoms with Crippen LogP contribution in [0.15, 0.2) is 97.3 Å². The fourth-order valence-electron chi connectivity index (χ4n) is 6.65. The molecule has 3 aromatic heterocycles. The van der Waals surface area contributed by atoms with Gasteiger partial charge in [0.15, 0.2) is 0 Å². The molecule has 0 radical (unpaired) electrons. The van der Waals surface area contributed by atoms with Gasteiger partial charge >= 0.3 is 0 Å². The predicted molar refractivity (Wildman–Crippen MR) is 197 cm³/mol. The number of pyridine rings is 1. The summed E-state index contributed by atoms with van der Waals surface area (Å²) in [6, 6.07) is 25.7. The summed E-state index contributed by atoms with van der Waals surface area (Å²) in [5, 5.41) is 3.37. The number of hydrogen-bond donors (Lipinski definition) is 1. The van der Waals surface area contributed by atoms with E-state index in [1.807, 2.05) is 54.6 Å². The molecule has 10 nitrogen and oxygen atoms in total. The van der Waals surface area contributed by atoms with Crippen LogP contribution in [-0.4, -0.2) is 67.2 Å². The van der Waals surface area contributed by atoms with Gasteiger partial charge in [-0.2, -0.15) is 4.98 Å². The van der Waals surface area contributed by atoms with Gasteiger partial charge in [0, 0.05) is 60.9 Å². The molecule has 1 amide bonds. The van der Waals surface area contributed by atoms with Crippen LogP contribution in [0.5, 0.6) is 5.88 Å². The van der Waals surface area contributed by atoms with Gasteiger partial charge in [0.1, 0.15) is 23.6 Å². The number of carbonyl (C=O) groups is 1. The van der Waals surface area contributed by atoms with E-state index in [1.54, 1.807) is 36.7 Å². The highest BCUT2D eigenvalue weighted by molar-refractivity contribution is 6.30. The van der Waals surface area contributed by atoms with Gasteiger partial charge in [-0.25, -0.2) is 14.4 Å². The summed E-state index contributed by atoms with van der Waals surface area (Å²) in [5.41, 5.74) is 5.27. The van der Waals surface area contributed by atoms with Crippen molar-refractivity contribution in [2.24, 2.45) is 0 Å². The predicted octanol–water partition coefficient (Wildman–Crippen LogP) is 7.36. The number of anilines is 1. The number of ether oxygens (including phenoxy) is 2. The topological polar surface area (TPSA) is 107 Å². The zero-order chi connectivity index (χ0) is 35.4. The molecule has 6 aromatic rings. The molecule has 0 bridgehead atoms. The summed E-state index contributed by atoms with van der Waals surface area (Å²) in [6.45, 7) is 3.86. The zero-order valence-electron chi connectivity index (χ0n) is 28.4. The maximum absolute atomic E-state index is 14.3. The van der Waals surface area contributed by atoms with Gasteiger partial charge in [-0.05, 0) is 67.3 Å². The minimum absolute atomic E-state index is 0.00405. The van der Waals surface area contributed by atoms with E-state index in [0.29, 0.717) is 40.1 Å². The van der Waals surface area contributed by atoms with E-state index in [1.165, 1.54) is 6.07 Å². The van der Waals surface area contributed by atoms with Crippen molar-refractivity contribution in [3.8, 4) is 17.1 Å². The number of amides is 1. The van der Waals surface area contributed by atoms with Gasteiger partial charge in [-0.1, -0.05) is 48.0 Å². The molecule has 1 atom stereocenters. The lowest BCUT2D eigenvalue weighted by molar-refractivity contribution is -0.0592. The molecule has 2 saturated heterocycles. The molecular formula is C40H37ClFN7O3. The van der Waals surface area contributed by atoms with Crippen molar-refractivity contribution in [1.29, 1.82) is 0 Å². The standard InChI is InChI=1S/C40H37ClFN7O3/c41-29-8-6-27(33(42)21-29)20-37-43-16-12-39(47-37)52-31-13-17-48(18-14-31)25-38-46-35-22-30(9-11-36(35)49(38)24-32-15-19-51-32)45-40(50)28-7-10-34(44-23-28)26-4-2-1-3-5-26/h1-12,16,21-23,31-32H,13-15,17-20,24-25H2,(H,45,50). The Bertz CT molecular complexity index is 2190. The number of nitrogens with zero attached hydrogens (tertiary/aromatic N) is 6. The quantitative estimate of drug-likeness (QED) is 0.148. The zero-order valence-corrected chi connectivity index (χ0v) is 29.2. The van der Waals surface area contributed by atoms with Crippen LogP contribution in [0.1, 0.15) is 46.8 Å². The number of imidazole rings is 1. The number of halogens is 2. The number of carbonyl (C=O) groups excluding carboxylic acids is 1. The van der Waals surface area contributed by atoms with E-state index < -0.39 is 0 Å². The van der Waals surface area contributed by atoms with Gasteiger partial charge in [-0.15, -0.1) is 0 Å². The minimum atomic E-state index is -0.380. The molecule has 0 spiro atoms. The molecule has 0 saturated carbocycles. The average molecular weight is 718 g/mol. The first-order valence-corrected chi connectivity index (χ1v) is 17.9. The largest absolute Gasteiger partial charge is 0.474 e. The Morgan fingerprint density at radius 2 is 1.81 bits per heavy atom. The first kappa shape index (κ1) is 33.9. The lowest BCUT2D eigenvalue weighted by Gasteiger charge is -2.32. The van der Waals surface area contributed by atoms with E-state index in [2.05, 4.69) is 29.7 Å². The Balaban J connectivity index is 0.910. The second-order valence-electron chi connectivity index (χ2n) is 13.2. The molecule has 0 aliphatic carbocycles. The van der Waals surface area contributed by atoms with Gasteiger partial charge in [0.05, 0.1) is 41.5 Å². The second kappa shape index (κ2) is 15.2. The highest BCUT2D eigenvalue weighted by atomic mass is 35.5. The van der Waals surface area contributed by atoms with E-state index in [-0.39, 0.29) is 30.4 Å². The molecule has 3 aromatic carbocycles. The maximum Gasteiger partial charge on any atom is 0.257 e. The molecule has 1 N–H and O–H groups in total. The molecule has 264 valence electrons. The van der Waals surface area contributed by atoms with Crippen LogP contribution in [0.2, 0.25) is 5.02 Å². The molecule has 1 unspecified atom stereocenters. The molecule has 5 heterocycles. The Morgan fingerprint density at radius 3 is 2.56 bits per heavy atom. The summed E-state index contributed by atoms with van der Waals surface area (Å²) in [7, 11) is 0. The Hall–Kier alpha value is -5.23. The van der Waals surface area contributed by atoms with Crippen LogP contribution in [0, 0.1) is 5.82 Å². The third-order valence-corrected chi connectivity index (χ3v) is 9.83. The van der Waals surface area contributed by atoms with Crippen LogP contribution in [0.3, 0.4) is 0 Å². The number of benzene rings is 3. The number of piperidine rings is 1. The highest BCUT2D eigenvalue weighted by Crippen LogP contribution is 2.27. The van der Waals surface area contributed by atoms with Crippen LogP contribution in [-0.2, 0) is 24.2 Å². The van der Waals surface area contributed by atoms with Gasteiger partial charge in [-0.3, -0.25) is 14.7 Å². The third-order valence-electron chi connectivity index (χ3n) is 9.59. The van der Waals surface area contributed by atoms with Crippen LogP contribution in [0.4, 0.5) is 10.1 Å². The number of aromatic nitrogens is 5. The number of fused-ring (bicyclic) bond motifs is 1. The summed E-state index contributed by atoms with van der Waals surface area (Å²) in [4.78, 5) is 34.0. The molecule has 2 aliphatic heterocycles. The Kier molecular flexibility index (Phi) is 9.89. The van der Waals surface area contributed by atoms with E-state index in [4.69, 9.17) is 26.1 Å². The molecule has 12 heteroatoms. The van der Waals surface area contributed by atoms with Gasteiger partial charge < -0.3 is 19.4 Å². The van der Waals surface area contributed by atoms with Crippen LogP contribution in [0.25, 0.3) is 22.3 Å². The maximum atomic E-state index is 14.3. The lowest BCUT2D eigenvalue weighted by atomic mass is 10.1. The molecule has 8 rings (SSSR count). The van der Waals surface area contributed by atoms with Crippen LogP contribution < -0.4 is 10.1 Å². The lowest BCUT2D eigenvalue weighted by Crippen LogP contribution is -2.39. The van der Waals surface area contributed by atoms with Crippen LogP contribution >= 0.6 is 11.6 Å². The van der Waals surface area contributed by atoms with Crippen molar-refractivity contribution < 1.29 is 18.7 Å². The van der Waals surface area contributed by atoms with Gasteiger partial charge in [0.2, 0.25) is 5.88 Å². The molecule has 52 heavy (non-hydrogen) atoms. The molecule has 2 fully saturated rings. The third kappa shape index (κ3) is 7.81. The summed E-state index contributed by atoms with van der Waals surface area (Å²) >= 11 is 5.90. The van der Waals surface area contributed by atoms with Gasteiger partial charge in [0.25, 0.3) is 5.91 Å². The first-order chi connectivity index (χ1) is 25.4. The first-order valence-electron chi connectivity index (χ1n) is 17.5.